The number of methoxy groups -OCH3 is 1. The highest BCUT2D eigenvalue weighted by Crippen LogP contribution is 2.46. The van der Waals surface area contributed by atoms with Gasteiger partial charge in [0, 0.05) is 6.42 Å². The smallest absolute Gasteiger partial charge is 0.326 e. The van der Waals surface area contributed by atoms with E-state index in [1.54, 1.807) is 4.90 Å². The molecular formula is C9H13F2NO2. The summed E-state index contributed by atoms with van der Waals surface area (Å²) in [5, 5.41) is 0. The topological polar surface area (TPSA) is 29.5 Å². The van der Waals surface area contributed by atoms with Crippen LogP contribution in [-0.2, 0) is 9.53 Å². The molecule has 2 fully saturated rings. The van der Waals surface area contributed by atoms with Crippen molar-refractivity contribution in [3.63, 3.8) is 0 Å². The summed E-state index contributed by atoms with van der Waals surface area (Å²) in [6.45, 7) is 0.271. The molecule has 2 rings (SSSR count). The largest absolute Gasteiger partial charge is 0.468 e. The van der Waals surface area contributed by atoms with Crippen LogP contribution in [0.1, 0.15) is 19.3 Å². The number of nitrogens with zero attached hydrogens (tertiary/aromatic N) is 1. The molecule has 2 aliphatic rings. The third-order valence-electron chi connectivity index (χ3n) is 3.16. The van der Waals surface area contributed by atoms with Gasteiger partial charge in [-0.25, -0.2) is 8.78 Å². The van der Waals surface area contributed by atoms with Crippen LogP contribution in [0.25, 0.3) is 0 Å². The van der Waals surface area contributed by atoms with Gasteiger partial charge in [-0.15, -0.1) is 0 Å². The van der Waals surface area contributed by atoms with Crippen LogP contribution in [0.3, 0.4) is 0 Å². The Balaban J connectivity index is 2.27. The van der Waals surface area contributed by atoms with Crippen molar-refractivity contribution >= 4 is 5.97 Å². The van der Waals surface area contributed by atoms with Crippen molar-refractivity contribution in [3.05, 3.63) is 0 Å². The number of esters is 1. The molecule has 0 aromatic heterocycles. The molecule has 0 radical (unpaired) electrons. The van der Waals surface area contributed by atoms with Crippen molar-refractivity contribution in [1.82, 2.24) is 4.90 Å². The van der Waals surface area contributed by atoms with Gasteiger partial charge in [-0.05, 0) is 19.4 Å². The second-order valence-electron chi connectivity index (χ2n) is 4.08. The Bertz CT molecular complexity index is 270. The maximum Gasteiger partial charge on any atom is 0.326 e. The second kappa shape index (κ2) is 2.89. The molecule has 0 bridgehead atoms. The normalized spacial score (nSPS) is 35.6. The second-order valence-corrected chi connectivity index (χ2v) is 4.08. The summed E-state index contributed by atoms with van der Waals surface area (Å²) in [6.07, 6.45) is 0.910. The van der Waals surface area contributed by atoms with Crippen LogP contribution in [0.2, 0.25) is 0 Å². The Morgan fingerprint density at radius 3 is 2.86 bits per heavy atom. The SMILES string of the molecule is COC(=O)[C@]12CCCN1CC(F)(F)C2. The number of carbonyl (C=O) groups is 1. The highest BCUT2D eigenvalue weighted by atomic mass is 19.3. The van der Waals surface area contributed by atoms with E-state index in [9.17, 15) is 13.6 Å². The quantitative estimate of drug-likeness (QED) is 0.599. The number of fused-ring (bicyclic) bond motifs is 1. The zero-order valence-electron chi connectivity index (χ0n) is 8.06. The van der Waals surface area contributed by atoms with Gasteiger partial charge >= 0.3 is 5.97 Å². The maximum absolute atomic E-state index is 13.2. The van der Waals surface area contributed by atoms with Crippen molar-refractivity contribution in [2.24, 2.45) is 0 Å². The average Bonchev–Trinajstić information content (AvgIpc) is 2.56. The molecule has 2 aliphatic heterocycles. The van der Waals surface area contributed by atoms with E-state index in [2.05, 4.69) is 4.74 Å². The zero-order valence-corrected chi connectivity index (χ0v) is 8.06. The molecule has 2 saturated heterocycles. The molecular weight excluding hydrogens is 192 g/mol. The van der Waals surface area contributed by atoms with Crippen molar-refractivity contribution in [3.8, 4) is 0 Å². The summed E-state index contributed by atoms with van der Waals surface area (Å²) < 4.78 is 30.9. The highest BCUT2D eigenvalue weighted by molar-refractivity contribution is 5.82. The fraction of sp³-hybridized carbons (Fsp3) is 0.889. The van der Waals surface area contributed by atoms with E-state index in [-0.39, 0.29) is 13.0 Å². The standard InChI is InChI=1S/C9H13F2NO2/c1-14-7(13)8-3-2-4-12(8)6-9(10,11)5-8/h2-6H2,1H3/t8-/m1/s1. The van der Waals surface area contributed by atoms with Gasteiger partial charge in [0.1, 0.15) is 5.54 Å². The molecule has 14 heavy (non-hydrogen) atoms. The summed E-state index contributed by atoms with van der Waals surface area (Å²) in [6, 6.07) is 0. The van der Waals surface area contributed by atoms with E-state index >= 15 is 0 Å². The van der Waals surface area contributed by atoms with Gasteiger partial charge < -0.3 is 4.74 Å². The molecule has 0 aromatic carbocycles. The number of halogens is 2. The first-order chi connectivity index (χ1) is 6.50. The van der Waals surface area contributed by atoms with Crippen LogP contribution in [0, 0.1) is 0 Å². The van der Waals surface area contributed by atoms with Crippen molar-refractivity contribution < 1.29 is 18.3 Å². The number of alkyl halides is 2. The van der Waals surface area contributed by atoms with E-state index in [4.69, 9.17) is 0 Å². The lowest BCUT2D eigenvalue weighted by molar-refractivity contribution is -0.152. The molecule has 0 aromatic rings. The van der Waals surface area contributed by atoms with Gasteiger partial charge in [-0.1, -0.05) is 0 Å². The lowest BCUT2D eigenvalue weighted by Gasteiger charge is -2.27. The summed E-state index contributed by atoms with van der Waals surface area (Å²) in [5.74, 6) is -3.25. The molecule has 3 nitrogen and oxygen atoms in total. The van der Waals surface area contributed by atoms with Crippen LogP contribution in [-0.4, -0.2) is 42.5 Å². The van der Waals surface area contributed by atoms with E-state index in [1.807, 2.05) is 0 Å². The van der Waals surface area contributed by atoms with E-state index in [0.29, 0.717) is 13.0 Å². The number of hydrogen-bond acceptors (Lipinski definition) is 3. The van der Waals surface area contributed by atoms with Crippen LogP contribution in [0.4, 0.5) is 8.78 Å². The van der Waals surface area contributed by atoms with Gasteiger partial charge in [0.2, 0.25) is 0 Å². The first-order valence-electron chi connectivity index (χ1n) is 4.71. The van der Waals surface area contributed by atoms with Gasteiger partial charge in [0.25, 0.3) is 5.92 Å². The first-order valence-corrected chi connectivity index (χ1v) is 4.71. The fourth-order valence-electron chi connectivity index (χ4n) is 2.62. The number of ether oxygens (including phenoxy) is 1. The van der Waals surface area contributed by atoms with Gasteiger partial charge in [-0.2, -0.15) is 0 Å². The number of hydrogen-bond donors (Lipinski definition) is 0. The van der Waals surface area contributed by atoms with Gasteiger partial charge in [0.15, 0.2) is 0 Å². The summed E-state index contributed by atoms with van der Waals surface area (Å²) in [4.78, 5) is 13.1. The Kier molecular flexibility index (Phi) is 2.03. The zero-order chi connectivity index (χ0) is 10.4. The molecule has 0 N–H and O–H groups in total. The van der Waals surface area contributed by atoms with Crippen LogP contribution < -0.4 is 0 Å². The van der Waals surface area contributed by atoms with E-state index in [1.165, 1.54) is 7.11 Å². The highest BCUT2D eigenvalue weighted by Gasteiger charge is 2.61. The van der Waals surface area contributed by atoms with Crippen molar-refractivity contribution in [1.29, 1.82) is 0 Å². The third kappa shape index (κ3) is 1.22. The van der Waals surface area contributed by atoms with E-state index in [0.717, 1.165) is 6.42 Å². The maximum atomic E-state index is 13.2. The van der Waals surface area contributed by atoms with Crippen molar-refractivity contribution in [2.45, 2.75) is 30.7 Å². The number of carbonyl (C=O) groups excluding carboxylic acids is 1. The lowest BCUT2D eigenvalue weighted by atomic mass is 9.93. The minimum Gasteiger partial charge on any atom is -0.468 e. The average molecular weight is 205 g/mol. The molecule has 5 heteroatoms. The van der Waals surface area contributed by atoms with Crippen LogP contribution in [0.5, 0.6) is 0 Å². The Morgan fingerprint density at radius 1 is 1.50 bits per heavy atom. The van der Waals surface area contributed by atoms with Crippen LogP contribution in [0.15, 0.2) is 0 Å². The van der Waals surface area contributed by atoms with Gasteiger partial charge in [0.05, 0.1) is 13.7 Å². The monoisotopic (exact) mass is 205 g/mol. The minimum absolute atomic E-state index is 0.303. The summed E-state index contributed by atoms with van der Waals surface area (Å²) >= 11 is 0. The van der Waals surface area contributed by atoms with Gasteiger partial charge in [-0.3, -0.25) is 9.69 Å². The molecule has 80 valence electrons. The molecule has 0 amide bonds. The van der Waals surface area contributed by atoms with Crippen LogP contribution >= 0.6 is 0 Å². The third-order valence-corrected chi connectivity index (χ3v) is 3.16. The minimum atomic E-state index is -2.74. The predicted octanol–water partition coefficient (Wildman–Crippen LogP) is 1.03. The fourth-order valence-corrected chi connectivity index (χ4v) is 2.62. The molecule has 0 unspecified atom stereocenters. The molecule has 2 heterocycles. The molecule has 1 atom stereocenters. The molecule has 0 spiro atoms. The Hall–Kier alpha value is -0.710. The summed E-state index contributed by atoms with van der Waals surface area (Å²) in [5.41, 5.74) is -1.03. The first kappa shape index (κ1) is 9.83. The van der Waals surface area contributed by atoms with Crippen molar-refractivity contribution in [2.75, 3.05) is 20.2 Å². The van der Waals surface area contributed by atoms with E-state index < -0.39 is 17.4 Å². The Labute approximate surface area is 81.0 Å². The summed E-state index contributed by atoms with van der Waals surface area (Å²) in [7, 11) is 1.25. The predicted molar refractivity (Wildman–Crippen MR) is 45.1 cm³/mol. The Morgan fingerprint density at radius 2 is 2.21 bits per heavy atom. The lowest BCUT2D eigenvalue weighted by Crippen LogP contribution is -2.46. The molecule has 0 saturated carbocycles. The molecule has 0 aliphatic carbocycles. The number of rotatable bonds is 1.